The highest BCUT2D eigenvalue weighted by Gasteiger charge is 2.32. The number of likely N-dealkylation sites (tertiary alicyclic amines) is 1. The lowest BCUT2D eigenvalue weighted by molar-refractivity contribution is -0.131. The maximum atomic E-state index is 12.6. The number of carbonyl (C=O) groups is 1. The quantitative estimate of drug-likeness (QED) is 0.937. The summed E-state index contributed by atoms with van der Waals surface area (Å²) >= 11 is 7.42. The van der Waals surface area contributed by atoms with E-state index in [1.165, 1.54) is 16.9 Å². The Morgan fingerprint density at radius 3 is 2.95 bits per heavy atom. The number of aryl methyl sites for hydroxylation is 2. The van der Waals surface area contributed by atoms with E-state index >= 15 is 0 Å². The van der Waals surface area contributed by atoms with E-state index in [0.717, 1.165) is 40.0 Å². The first-order valence-electron chi connectivity index (χ1n) is 7.11. The molecule has 0 unspecified atom stereocenters. The van der Waals surface area contributed by atoms with Gasteiger partial charge < -0.3 is 4.90 Å². The number of aromatic nitrogens is 2. The number of amides is 1. The third-order valence-electron chi connectivity index (χ3n) is 4.05. The number of rotatable bonds is 3. The molecule has 0 radical (unpaired) electrons. The van der Waals surface area contributed by atoms with Crippen LogP contribution in [0.1, 0.15) is 40.7 Å². The van der Waals surface area contributed by atoms with Crippen LogP contribution in [0.5, 0.6) is 0 Å². The Kier molecular flexibility index (Phi) is 4.04. The summed E-state index contributed by atoms with van der Waals surface area (Å²) in [6.45, 7) is 4.85. The molecule has 112 valence electrons. The van der Waals surface area contributed by atoms with Crippen molar-refractivity contribution in [3.63, 3.8) is 0 Å². The van der Waals surface area contributed by atoms with Gasteiger partial charge >= 0.3 is 0 Å². The van der Waals surface area contributed by atoms with Gasteiger partial charge in [0.1, 0.15) is 0 Å². The normalized spacial score (nSPS) is 18.4. The van der Waals surface area contributed by atoms with Gasteiger partial charge in [0.15, 0.2) is 0 Å². The number of hydrogen-bond donors (Lipinski definition) is 1. The summed E-state index contributed by atoms with van der Waals surface area (Å²) in [6, 6.07) is 3.94. The van der Waals surface area contributed by atoms with Gasteiger partial charge in [-0.05, 0) is 38.8 Å². The maximum Gasteiger partial charge on any atom is 0.228 e. The minimum absolute atomic E-state index is 0.159. The van der Waals surface area contributed by atoms with Crippen LogP contribution in [0.2, 0.25) is 4.34 Å². The molecule has 1 fully saturated rings. The van der Waals surface area contributed by atoms with E-state index in [-0.39, 0.29) is 11.9 Å². The number of nitrogens with zero attached hydrogens (tertiary/aromatic N) is 2. The molecule has 2 aromatic heterocycles. The van der Waals surface area contributed by atoms with Gasteiger partial charge in [-0.15, -0.1) is 11.3 Å². The number of H-pyrrole nitrogens is 1. The van der Waals surface area contributed by atoms with Crippen molar-refractivity contribution in [2.24, 2.45) is 0 Å². The van der Waals surface area contributed by atoms with Crippen molar-refractivity contribution in [2.75, 3.05) is 6.54 Å². The van der Waals surface area contributed by atoms with Crippen molar-refractivity contribution in [3.8, 4) is 0 Å². The molecule has 3 rings (SSSR count). The molecule has 1 saturated heterocycles. The summed E-state index contributed by atoms with van der Waals surface area (Å²) in [6.07, 6.45) is 2.49. The molecular weight excluding hydrogens is 306 g/mol. The fourth-order valence-corrected chi connectivity index (χ4v) is 4.19. The molecule has 3 heterocycles. The largest absolute Gasteiger partial charge is 0.335 e. The summed E-state index contributed by atoms with van der Waals surface area (Å²) in [5.41, 5.74) is 3.25. The Morgan fingerprint density at radius 1 is 1.52 bits per heavy atom. The van der Waals surface area contributed by atoms with Crippen LogP contribution >= 0.6 is 22.9 Å². The minimum Gasteiger partial charge on any atom is -0.335 e. The maximum absolute atomic E-state index is 12.6. The smallest absolute Gasteiger partial charge is 0.228 e. The van der Waals surface area contributed by atoms with E-state index in [0.29, 0.717) is 6.42 Å². The average Bonchev–Trinajstić information content (AvgIpc) is 3.12. The fraction of sp³-hybridized carbons (Fsp3) is 0.467. The zero-order valence-corrected chi connectivity index (χ0v) is 13.7. The lowest BCUT2D eigenvalue weighted by Gasteiger charge is -2.25. The van der Waals surface area contributed by atoms with Crippen molar-refractivity contribution >= 4 is 28.8 Å². The first kappa shape index (κ1) is 14.6. The highest BCUT2D eigenvalue weighted by Crippen LogP contribution is 2.35. The van der Waals surface area contributed by atoms with Gasteiger partial charge in [0.2, 0.25) is 5.91 Å². The molecule has 1 atom stereocenters. The highest BCUT2D eigenvalue weighted by atomic mass is 35.5. The number of aromatic amines is 1. The first-order chi connectivity index (χ1) is 10.1. The molecular formula is C15H18ClN3OS. The van der Waals surface area contributed by atoms with Crippen LogP contribution in [-0.2, 0) is 11.2 Å². The lowest BCUT2D eigenvalue weighted by Crippen LogP contribution is -2.32. The first-order valence-corrected chi connectivity index (χ1v) is 8.31. The third-order valence-corrected chi connectivity index (χ3v) is 5.28. The average molecular weight is 324 g/mol. The molecule has 21 heavy (non-hydrogen) atoms. The molecule has 0 saturated carbocycles. The molecule has 0 aromatic carbocycles. The van der Waals surface area contributed by atoms with Crippen molar-refractivity contribution in [3.05, 3.63) is 38.3 Å². The SMILES string of the molecule is Cc1n[nH]c(C)c1[C@H]1CCCN1C(=O)Cc1ccc(Cl)s1. The van der Waals surface area contributed by atoms with Crippen molar-refractivity contribution in [1.82, 2.24) is 15.1 Å². The second-order valence-electron chi connectivity index (χ2n) is 5.48. The van der Waals surface area contributed by atoms with E-state index in [4.69, 9.17) is 11.6 Å². The monoisotopic (exact) mass is 323 g/mol. The Bertz CT molecular complexity index is 644. The Morgan fingerprint density at radius 2 is 2.33 bits per heavy atom. The van der Waals surface area contributed by atoms with Gasteiger partial charge in [-0.1, -0.05) is 11.6 Å². The molecule has 1 aliphatic heterocycles. The third kappa shape index (κ3) is 2.85. The molecule has 4 nitrogen and oxygen atoms in total. The molecule has 2 aromatic rings. The summed E-state index contributed by atoms with van der Waals surface area (Å²) < 4.78 is 0.734. The Labute approximate surface area is 133 Å². The number of halogens is 1. The Balaban J connectivity index is 1.79. The molecule has 0 spiro atoms. The second kappa shape index (κ2) is 5.81. The standard InChI is InChI=1S/C15H18ClN3OS/c1-9-15(10(2)18-17-9)12-4-3-7-19(12)14(20)8-11-5-6-13(16)21-11/h5-6,12H,3-4,7-8H2,1-2H3,(H,17,18)/t12-/m1/s1. The van der Waals surface area contributed by atoms with E-state index in [9.17, 15) is 4.79 Å². The van der Waals surface area contributed by atoms with Crippen LogP contribution in [0.4, 0.5) is 0 Å². The van der Waals surface area contributed by atoms with Crippen LogP contribution in [0.15, 0.2) is 12.1 Å². The molecule has 1 amide bonds. The molecule has 0 aliphatic carbocycles. The minimum atomic E-state index is 0.159. The van der Waals surface area contributed by atoms with Crippen LogP contribution in [0.3, 0.4) is 0 Å². The fourth-order valence-electron chi connectivity index (χ4n) is 3.11. The van der Waals surface area contributed by atoms with Crippen molar-refractivity contribution < 1.29 is 4.79 Å². The zero-order valence-electron chi connectivity index (χ0n) is 12.1. The number of hydrogen-bond acceptors (Lipinski definition) is 3. The summed E-state index contributed by atoms with van der Waals surface area (Å²) in [7, 11) is 0. The van der Waals surface area contributed by atoms with Gasteiger partial charge in [0.25, 0.3) is 0 Å². The van der Waals surface area contributed by atoms with E-state index < -0.39 is 0 Å². The predicted octanol–water partition coefficient (Wildman–Crippen LogP) is 3.65. The molecule has 0 bridgehead atoms. The van der Waals surface area contributed by atoms with Crippen molar-refractivity contribution in [1.29, 1.82) is 0 Å². The van der Waals surface area contributed by atoms with Crippen LogP contribution in [-0.4, -0.2) is 27.5 Å². The van der Waals surface area contributed by atoms with Gasteiger partial charge in [-0.2, -0.15) is 5.10 Å². The van der Waals surface area contributed by atoms with E-state index in [1.54, 1.807) is 0 Å². The molecule has 6 heteroatoms. The van der Waals surface area contributed by atoms with E-state index in [2.05, 4.69) is 10.2 Å². The van der Waals surface area contributed by atoms with Gasteiger partial charge in [0, 0.05) is 22.7 Å². The summed E-state index contributed by atoms with van der Waals surface area (Å²) in [5.74, 6) is 0.177. The second-order valence-corrected chi connectivity index (χ2v) is 7.28. The Hall–Kier alpha value is -1.33. The number of thiophene rings is 1. The highest BCUT2D eigenvalue weighted by molar-refractivity contribution is 7.16. The number of nitrogens with one attached hydrogen (secondary N) is 1. The topological polar surface area (TPSA) is 49.0 Å². The summed E-state index contributed by atoms with van der Waals surface area (Å²) in [4.78, 5) is 15.6. The van der Waals surface area contributed by atoms with Gasteiger partial charge in [-0.3, -0.25) is 9.89 Å². The number of carbonyl (C=O) groups excluding carboxylic acids is 1. The van der Waals surface area contributed by atoms with Gasteiger partial charge in [-0.25, -0.2) is 0 Å². The van der Waals surface area contributed by atoms with Gasteiger partial charge in [0.05, 0.1) is 22.5 Å². The molecule has 1 N–H and O–H groups in total. The lowest BCUT2D eigenvalue weighted by atomic mass is 10.0. The summed E-state index contributed by atoms with van der Waals surface area (Å²) in [5, 5.41) is 7.29. The van der Waals surface area contributed by atoms with E-state index in [1.807, 2.05) is 30.9 Å². The zero-order chi connectivity index (χ0) is 15.0. The molecule has 1 aliphatic rings. The van der Waals surface area contributed by atoms with Crippen LogP contribution < -0.4 is 0 Å². The van der Waals surface area contributed by atoms with Crippen molar-refractivity contribution in [2.45, 2.75) is 39.2 Å². The predicted molar refractivity (Wildman–Crippen MR) is 84.8 cm³/mol. The van der Waals surface area contributed by atoms with Crippen LogP contribution in [0, 0.1) is 13.8 Å². The van der Waals surface area contributed by atoms with Crippen LogP contribution in [0.25, 0.3) is 0 Å².